The van der Waals surface area contributed by atoms with Crippen LogP contribution in [-0.2, 0) is 0 Å². The third-order valence-electron chi connectivity index (χ3n) is 2.35. The summed E-state index contributed by atoms with van der Waals surface area (Å²) in [5.74, 6) is 1.40. The van der Waals surface area contributed by atoms with E-state index in [9.17, 15) is 0 Å². The third kappa shape index (κ3) is 2.50. The molecule has 0 aliphatic rings. The van der Waals surface area contributed by atoms with Gasteiger partial charge in [-0.3, -0.25) is 0 Å². The van der Waals surface area contributed by atoms with Crippen LogP contribution in [0.15, 0.2) is 24.3 Å². The summed E-state index contributed by atoms with van der Waals surface area (Å²) < 4.78 is 0. The van der Waals surface area contributed by atoms with Crippen molar-refractivity contribution in [3.8, 4) is 11.4 Å². The Morgan fingerprint density at radius 3 is 2.24 bits per heavy atom. The molecular formula is C12H15N5. The molecular weight excluding hydrogens is 214 g/mol. The lowest BCUT2D eigenvalue weighted by Crippen LogP contribution is -2.15. The highest BCUT2D eigenvalue weighted by atomic mass is 15.3. The summed E-state index contributed by atoms with van der Waals surface area (Å²) in [7, 11) is 3.74. The lowest BCUT2D eigenvalue weighted by molar-refractivity contribution is 0.970. The van der Waals surface area contributed by atoms with E-state index in [0.29, 0.717) is 11.8 Å². The molecule has 0 spiro atoms. The lowest BCUT2D eigenvalue weighted by Gasteiger charge is -2.11. The normalized spacial score (nSPS) is 10.3. The predicted molar refractivity (Wildman–Crippen MR) is 68.7 cm³/mol. The van der Waals surface area contributed by atoms with Crippen LogP contribution in [0.25, 0.3) is 11.4 Å². The molecule has 88 valence electrons. The molecule has 0 saturated carbocycles. The quantitative estimate of drug-likeness (QED) is 0.845. The van der Waals surface area contributed by atoms with E-state index in [1.807, 2.05) is 45.3 Å². The Morgan fingerprint density at radius 1 is 1.00 bits per heavy atom. The van der Waals surface area contributed by atoms with Crippen LogP contribution in [0.2, 0.25) is 0 Å². The molecule has 2 rings (SSSR count). The Labute approximate surface area is 100 Å². The average molecular weight is 229 g/mol. The van der Waals surface area contributed by atoms with Gasteiger partial charge in [0.1, 0.15) is 0 Å². The number of hydrogen-bond donors (Lipinski definition) is 1. The van der Waals surface area contributed by atoms with Gasteiger partial charge in [0.25, 0.3) is 0 Å². The molecule has 1 heterocycles. The highest BCUT2D eigenvalue weighted by Crippen LogP contribution is 2.18. The van der Waals surface area contributed by atoms with Gasteiger partial charge in [0.2, 0.25) is 11.9 Å². The first-order valence-corrected chi connectivity index (χ1v) is 5.32. The van der Waals surface area contributed by atoms with Gasteiger partial charge in [-0.2, -0.15) is 15.0 Å². The molecule has 5 heteroatoms. The van der Waals surface area contributed by atoms with Crippen LogP contribution in [0.4, 0.5) is 11.9 Å². The highest BCUT2D eigenvalue weighted by molar-refractivity contribution is 5.58. The largest absolute Gasteiger partial charge is 0.368 e. The first kappa shape index (κ1) is 11.3. The average Bonchev–Trinajstić information content (AvgIpc) is 2.29. The van der Waals surface area contributed by atoms with E-state index in [2.05, 4.69) is 15.0 Å². The van der Waals surface area contributed by atoms with E-state index in [-0.39, 0.29) is 5.95 Å². The van der Waals surface area contributed by atoms with Gasteiger partial charge in [0.15, 0.2) is 5.82 Å². The Balaban J connectivity index is 2.48. The third-order valence-corrected chi connectivity index (χ3v) is 2.35. The van der Waals surface area contributed by atoms with Crippen LogP contribution in [0.3, 0.4) is 0 Å². The number of benzene rings is 1. The van der Waals surface area contributed by atoms with Crippen LogP contribution >= 0.6 is 0 Å². The molecule has 0 amide bonds. The maximum Gasteiger partial charge on any atom is 0.230 e. The van der Waals surface area contributed by atoms with E-state index in [4.69, 9.17) is 5.73 Å². The number of nitrogens with two attached hydrogens (primary N) is 1. The Hall–Kier alpha value is -2.17. The zero-order valence-corrected chi connectivity index (χ0v) is 10.2. The molecule has 2 N–H and O–H groups in total. The fourth-order valence-corrected chi connectivity index (χ4v) is 1.41. The predicted octanol–water partition coefficient (Wildman–Crippen LogP) is 1.50. The van der Waals surface area contributed by atoms with E-state index in [1.165, 1.54) is 5.56 Å². The summed E-state index contributed by atoms with van der Waals surface area (Å²) in [6, 6.07) is 7.99. The van der Waals surface area contributed by atoms with E-state index in [0.717, 1.165) is 5.56 Å². The van der Waals surface area contributed by atoms with Crippen molar-refractivity contribution in [2.75, 3.05) is 24.7 Å². The number of rotatable bonds is 2. The first-order chi connectivity index (χ1) is 8.06. The second-order valence-corrected chi connectivity index (χ2v) is 4.08. The molecule has 0 atom stereocenters. The SMILES string of the molecule is Cc1ccc(-c2nc(N)nc(N(C)C)n2)cc1. The smallest absolute Gasteiger partial charge is 0.230 e. The van der Waals surface area contributed by atoms with Crippen molar-refractivity contribution in [1.29, 1.82) is 0 Å². The standard InChI is InChI=1S/C12H15N5/c1-8-4-6-9(7-5-8)10-14-11(13)16-12(15-10)17(2)3/h4-7H,1-3H3,(H2,13,14,15,16). The van der Waals surface area contributed by atoms with Crippen LogP contribution in [0.5, 0.6) is 0 Å². The zero-order chi connectivity index (χ0) is 12.4. The molecule has 2 aromatic rings. The Kier molecular flexibility index (Phi) is 2.91. The summed E-state index contributed by atoms with van der Waals surface area (Å²) >= 11 is 0. The van der Waals surface area contributed by atoms with Gasteiger partial charge in [-0.25, -0.2) is 0 Å². The van der Waals surface area contributed by atoms with Gasteiger partial charge in [-0.05, 0) is 6.92 Å². The fourth-order valence-electron chi connectivity index (χ4n) is 1.41. The second kappa shape index (κ2) is 4.37. The minimum absolute atomic E-state index is 0.235. The lowest BCUT2D eigenvalue weighted by atomic mass is 10.1. The summed E-state index contributed by atoms with van der Waals surface area (Å²) in [6.45, 7) is 2.04. The molecule has 0 fully saturated rings. The summed E-state index contributed by atoms with van der Waals surface area (Å²) in [5.41, 5.74) is 7.81. The van der Waals surface area contributed by atoms with Crippen LogP contribution in [0, 0.1) is 6.92 Å². The van der Waals surface area contributed by atoms with Crippen molar-refractivity contribution in [2.45, 2.75) is 6.92 Å². The maximum absolute atomic E-state index is 5.68. The number of nitrogen functional groups attached to an aromatic ring is 1. The molecule has 0 saturated heterocycles. The minimum atomic E-state index is 0.235. The van der Waals surface area contributed by atoms with E-state index < -0.39 is 0 Å². The van der Waals surface area contributed by atoms with Crippen LogP contribution in [-0.4, -0.2) is 29.0 Å². The molecule has 0 aliphatic carbocycles. The topological polar surface area (TPSA) is 67.9 Å². The van der Waals surface area contributed by atoms with Crippen molar-refractivity contribution >= 4 is 11.9 Å². The van der Waals surface area contributed by atoms with Gasteiger partial charge < -0.3 is 10.6 Å². The van der Waals surface area contributed by atoms with E-state index >= 15 is 0 Å². The van der Waals surface area contributed by atoms with Crippen molar-refractivity contribution in [3.05, 3.63) is 29.8 Å². The van der Waals surface area contributed by atoms with Gasteiger partial charge in [0.05, 0.1) is 0 Å². The van der Waals surface area contributed by atoms with Crippen molar-refractivity contribution in [2.24, 2.45) is 0 Å². The Morgan fingerprint density at radius 2 is 1.65 bits per heavy atom. The number of aromatic nitrogens is 3. The monoisotopic (exact) mass is 229 g/mol. The molecule has 1 aromatic heterocycles. The maximum atomic E-state index is 5.68. The zero-order valence-electron chi connectivity index (χ0n) is 10.2. The van der Waals surface area contributed by atoms with Gasteiger partial charge >= 0.3 is 0 Å². The minimum Gasteiger partial charge on any atom is -0.368 e. The van der Waals surface area contributed by atoms with Gasteiger partial charge in [-0.1, -0.05) is 29.8 Å². The highest BCUT2D eigenvalue weighted by Gasteiger charge is 2.07. The second-order valence-electron chi connectivity index (χ2n) is 4.08. The van der Waals surface area contributed by atoms with Gasteiger partial charge in [0, 0.05) is 19.7 Å². The number of hydrogen-bond acceptors (Lipinski definition) is 5. The number of anilines is 2. The summed E-state index contributed by atoms with van der Waals surface area (Å²) in [6.07, 6.45) is 0. The fraction of sp³-hybridized carbons (Fsp3) is 0.250. The van der Waals surface area contributed by atoms with Crippen molar-refractivity contribution in [3.63, 3.8) is 0 Å². The molecule has 1 aromatic carbocycles. The van der Waals surface area contributed by atoms with Crippen molar-refractivity contribution < 1.29 is 0 Å². The molecule has 0 radical (unpaired) electrons. The molecule has 0 unspecified atom stereocenters. The molecule has 17 heavy (non-hydrogen) atoms. The molecule has 5 nitrogen and oxygen atoms in total. The number of nitrogens with zero attached hydrogens (tertiary/aromatic N) is 4. The molecule has 0 bridgehead atoms. The van der Waals surface area contributed by atoms with Crippen molar-refractivity contribution in [1.82, 2.24) is 15.0 Å². The Bertz CT molecular complexity index is 519. The molecule has 0 aliphatic heterocycles. The van der Waals surface area contributed by atoms with E-state index in [1.54, 1.807) is 4.90 Å². The van der Waals surface area contributed by atoms with Crippen LogP contribution < -0.4 is 10.6 Å². The number of aryl methyl sites for hydroxylation is 1. The van der Waals surface area contributed by atoms with Gasteiger partial charge in [-0.15, -0.1) is 0 Å². The van der Waals surface area contributed by atoms with Crippen LogP contribution in [0.1, 0.15) is 5.56 Å². The summed E-state index contributed by atoms with van der Waals surface area (Å²) in [5, 5.41) is 0. The summed E-state index contributed by atoms with van der Waals surface area (Å²) in [4.78, 5) is 14.4. The first-order valence-electron chi connectivity index (χ1n) is 5.32.